The van der Waals surface area contributed by atoms with Crippen molar-refractivity contribution >= 4 is 16.7 Å². The minimum atomic E-state index is -1.12. The van der Waals surface area contributed by atoms with Gasteiger partial charge in [-0.3, -0.25) is 9.59 Å². The topological polar surface area (TPSA) is 95.7 Å². The first-order chi connectivity index (χ1) is 11.5. The monoisotopic (exact) mass is 331 g/mol. The number of rotatable bonds is 3. The molecule has 7 heteroatoms. The molecule has 7 nitrogen and oxygen atoms in total. The third kappa shape index (κ3) is 3.32. The van der Waals surface area contributed by atoms with E-state index in [4.69, 9.17) is 0 Å². The molecule has 3 rings (SSSR count). The largest absolute Gasteiger partial charge is 0.393 e. The number of aliphatic hydroxyl groups excluding tert-OH is 1. The number of aromatic nitrogens is 2. The van der Waals surface area contributed by atoms with Gasteiger partial charge >= 0.3 is 0 Å². The number of aliphatic hydroxyl groups is 2. The maximum atomic E-state index is 12.5. The number of carbonyl (C=O) groups excluding carboxylic acids is 1. The van der Waals surface area contributed by atoms with Gasteiger partial charge in [0.1, 0.15) is 6.54 Å². The zero-order valence-corrected chi connectivity index (χ0v) is 13.4. The van der Waals surface area contributed by atoms with E-state index in [1.807, 2.05) is 6.07 Å². The van der Waals surface area contributed by atoms with E-state index in [1.54, 1.807) is 29.3 Å². The molecule has 0 unspecified atom stereocenters. The molecule has 0 spiro atoms. The van der Waals surface area contributed by atoms with E-state index in [0.717, 1.165) is 5.39 Å². The van der Waals surface area contributed by atoms with Gasteiger partial charge in [0.15, 0.2) is 0 Å². The van der Waals surface area contributed by atoms with Gasteiger partial charge in [0, 0.05) is 18.5 Å². The van der Waals surface area contributed by atoms with E-state index < -0.39 is 5.60 Å². The van der Waals surface area contributed by atoms with Crippen molar-refractivity contribution in [3.63, 3.8) is 0 Å². The fourth-order valence-corrected chi connectivity index (χ4v) is 3.05. The molecule has 0 aliphatic carbocycles. The Morgan fingerprint density at radius 3 is 2.83 bits per heavy atom. The number of benzene rings is 1. The van der Waals surface area contributed by atoms with Crippen molar-refractivity contribution in [2.24, 2.45) is 0 Å². The molecule has 1 aromatic heterocycles. The molecular formula is C17H21N3O4. The number of likely N-dealkylation sites (tertiary alicyclic amines) is 1. The SMILES string of the molecule is O=C(Cn1ncc2ccccc2c1=O)N1CCC[C@](O)(CO)CC1. The molecule has 2 heterocycles. The second kappa shape index (κ2) is 6.70. The van der Waals surface area contributed by atoms with Crippen molar-refractivity contribution in [1.29, 1.82) is 0 Å². The summed E-state index contributed by atoms with van der Waals surface area (Å²) in [4.78, 5) is 26.5. The van der Waals surface area contributed by atoms with E-state index in [-0.39, 0.29) is 24.6 Å². The third-order valence-corrected chi connectivity index (χ3v) is 4.61. The van der Waals surface area contributed by atoms with Crippen LogP contribution in [0.15, 0.2) is 35.3 Å². The number of hydrogen-bond acceptors (Lipinski definition) is 5. The average molecular weight is 331 g/mol. The van der Waals surface area contributed by atoms with E-state index in [2.05, 4.69) is 5.10 Å². The van der Waals surface area contributed by atoms with Crippen molar-refractivity contribution in [2.45, 2.75) is 31.4 Å². The van der Waals surface area contributed by atoms with Gasteiger partial charge in [-0.2, -0.15) is 5.10 Å². The Hall–Kier alpha value is -2.25. The highest BCUT2D eigenvalue weighted by atomic mass is 16.3. The Bertz CT molecular complexity index is 804. The molecular weight excluding hydrogens is 310 g/mol. The van der Waals surface area contributed by atoms with E-state index in [0.29, 0.717) is 37.7 Å². The van der Waals surface area contributed by atoms with Gasteiger partial charge in [0.25, 0.3) is 5.56 Å². The number of carbonyl (C=O) groups is 1. The average Bonchev–Trinajstić information content (AvgIpc) is 2.80. The first-order valence-corrected chi connectivity index (χ1v) is 8.08. The lowest BCUT2D eigenvalue weighted by Crippen LogP contribution is -2.39. The lowest BCUT2D eigenvalue weighted by Gasteiger charge is -2.24. The zero-order valence-electron chi connectivity index (χ0n) is 13.4. The molecule has 1 aliphatic rings. The number of fused-ring (bicyclic) bond motifs is 1. The molecule has 0 radical (unpaired) electrons. The predicted octanol–water partition coefficient (Wildman–Crippen LogP) is 0.132. The standard InChI is InChI=1S/C17H21N3O4/c21-12-17(24)6-3-8-19(9-7-17)15(22)11-20-16(23)14-5-2-1-4-13(14)10-18-20/h1-2,4-5,10,21,24H,3,6-9,11-12H2/t17-/m1/s1. The Balaban J connectivity index is 1.75. The summed E-state index contributed by atoms with van der Waals surface area (Å²) in [7, 11) is 0. The molecule has 24 heavy (non-hydrogen) atoms. The molecule has 128 valence electrons. The lowest BCUT2D eigenvalue weighted by atomic mass is 9.96. The minimum absolute atomic E-state index is 0.124. The van der Waals surface area contributed by atoms with Gasteiger partial charge < -0.3 is 15.1 Å². The van der Waals surface area contributed by atoms with Crippen molar-refractivity contribution in [2.75, 3.05) is 19.7 Å². The van der Waals surface area contributed by atoms with E-state index in [1.165, 1.54) is 4.68 Å². The number of nitrogens with zero attached hydrogens (tertiary/aromatic N) is 3. The highest BCUT2D eigenvalue weighted by Gasteiger charge is 2.30. The summed E-state index contributed by atoms with van der Waals surface area (Å²) in [6, 6.07) is 7.13. The van der Waals surface area contributed by atoms with E-state index >= 15 is 0 Å². The molecule has 2 N–H and O–H groups in total. The Morgan fingerprint density at radius 1 is 1.25 bits per heavy atom. The van der Waals surface area contributed by atoms with Gasteiger partial charge in [-0.1, -0.05) is 18.2 Å². The molecule has 1 aliphatic heterocycles. The van der Waals surface area contributed by atoms with Crippen LogP contribution < -0.4 is 5.56 Å². The summed E-state index contributed by atoms with van der Waals surface area (Å²) in [5, 5.41) is 24.8. The smallest absolute Gasteiger partial charge is 0.275 e. The van der Waals surface area contributed by atoms with Gasteiger partial charge in [-0.25, -0.2) is 4.68 Å². The maximum Gasteiger partial charge on any atom is 0.275 e. The fraction of sp³-hybridized carbons (Fsp3) is 0.471. The van der Waals surface area contributed by atoms with Crippen LogP contribution >= 0.6 is 0 Å². The fourth-order valence-electron chi connectivity index (χ4n) is 3.05. The van der Waals surface area contributed by atoms with Crippen molar-refractivity contribution < 1.29 is 15.0 Å². The highest BCUT2D eigenvalue weighted by Crippen LogP contribution is 2.21. The summed E-state index contributed by atoms with van der Waals surface area (Å²) in [5.74, 6) is -0.206. The number of hydrogen-bond donors (Lipinski definition) is 2. The van der Waals surface area contributed by atoms with Gasteiger partial charge in [-0.15, -0.1) is 0 Å². The van der Waals surface area contributed by atoms with Gasteiger partial charge in [0.2, 0.25) is 5.91 Å². The first kappa shape index (κ1) is 16.6. The quantitative estimate of drug-likeness (QED) is 0.834. The second-order valence-corrected chi connectivity index (χ2v) is 6.31. The Labute approximate surface area is 139 Å². The van der Waals surface area contributed by atoms with Crippen LogP contribution in [0.4, 0.5) is 0 Å². The maximum absolute atomic E-state index is 12.5. The minimum Gasteiger partial charge on any atom is -0.393 e. The Kier molecular flexibility index (Phi) is 4.64. The van der Waals surface area contributed by atoms with Crippen LogP contribution in [0.5, 0.6) is 0 Å². The summed E-state index contributed by atoms with van der Waals surface area (Å²) >= 11 is 0. The van der Waals surface area contributed by atoms with Crippen LogP contribution in [-0.4, -0.2) is 56.1 Å². The lowest BCUT2D eigenvalue weighted by molar-refractivity contribution is -0.132. The highest BCUT2D eigenvalue weighted by molar-refractivity contribution is 5.81. The molecule has 1 saturated heterocycles. The molecule has 1 aromatic carbocycles. The van der Waals surface area contributed by atoms with Gasteiger partial charge in [0.05, 0.1) is 23.8 Å². The van der Waals surface area contributed by atoms with Crippen molar-refractivity contribution in [3.05, 3.63) is 40.8 Å². The molecule has 1 amide bonds. The van der Waals surface area contributed by atoms with Crippen LogP contribution in [0, 0.1) is 0 Å². The summed E-state index contributed by atoms with van der Waals surface area (Å²) in [6.07, 6.45) is 2.98. The van der Waals surface area contributed by atoms with Crippen LogP contribution in [0.1, 0.15) is 19.3 Å². The second-order valence-electron chi connectivity index (χ2n) is 6.31. The number of amides is 1. The van der Waals surface area contributed by atoms with Crippen LogP contribution in [-0.2, 0) is 11.3 Å². The predicted molar refractivity (Wildman–Crippen MR) is 88.5 cm³/mol. The van der Waals surface area contributed by atoms with Crippen LogP contribution in [0.2, 0.25) is 0 Å². The van der Waals surface area contributed by atoms with Crippen molar-refractivity contribution in [3.8, 4) is 0 Å². The molecule has 0 saturated carbocycles. The van der Waals surface area contributed by atoms with Crippen LogP contribution in [0.3, 0.4) is 0 Å². The molecule has 2 aromatic rings. The first-order valence-electron chi connectivity index (χ1n) is 8.08. The van der Waals surface area contributed by atoms with E-state index in [9.17, 15) is 19.8 Å². The summed E-state index contributed by atoms with van der Waals surface area (Å²) < 4.78 is 1.17. The van der Waals surface area contributed by atoms with Gasteiger partial charge in [-0.05, 0) is 25.3 Å². The summed E-state index contributed by atoms with van der Waals surface area (Å²) in [5.41, 5.74) is -1.41. The molecule has 1 fully saturated rings. The third-order valence-electron chi connectivity index (χ3n) is 4.61. The molecule has 0 bridgehead atoms. The molecule has 1 atom stereocenters. The zero-order chi connectivity index (χ0) is 17.2. The summed E-state index contributed by atoms with van der Waals surface area (Å²) in [6.45, 7) is 0.434. The normalized spacial score (nSPS) is 21.7. The van der Waals surface area contributed by atoms with Crippen LogP contribution in [0.25, 0.3) is 10.8 Å². The Morgan fingerprint density at radius 2 is 2.04 bits per heavy atom. The van der Waals surface area contributed by atoms with Crippen molar-refractivity contribution in [1.82, 2.24) is 14.7 Å².